The number of ether oxygens (including phenoxy) is 1. The summed E-state index contributed by atoms with van der Waals surface area (Å²) in [7, 11) is 1.43. The highest BCUT2D eigenvalue weighted by Crippen LogP contribution is 2.39. The number of amides is 1. The number of thioether (sulfide) groups is 1. The molecule has 0 aromatic heterocycles. The number of phenolic OH excluding ortho intramolecular Hbond substituents is 1. The number of nitro groups is 1. The summed E-state index contributed by atoms with van der Waals surface area (Å²) >= 11 is 9.65. The minimum absolute atomic E-state index is 0.0342. The second kappa shape index (κ2) is 7.67. The van der Waals surface area contributed by atoms with Crippen LogP contribution in [0.5, 0.6) is 11.5 Å². The number of nitrogens with zero attached hydrogens (tertiary/aromatic N) is 2. The number of halogens is 1. The van der Waals surface area contributed by atoms with Gasteiger partial charge in [0.15, 0.2) is 15.8 Å². The number of hydrogen-bond acceptors (Lipinski definition) is 7. The molecule has 0 bridgehead atoms. The Morgan fingerprint density at radius 2 is 2.00 bits per heavy atom. The van der Waals surface area contributed by atoms with Gasteiger partial charge in [-0.05, 0) is 51.8 Å². The van der Waals surface area contributed by atoms with E-state index in [1.165, 1.54) is 36.3 Å². The van der Waals surface area contributed by atoms with E-state index >= 15 is 0 Å². The van der Waals surface area contributed by atoms with E-state index in [2.05, 4.69) is 15.9 Å². The molecule has 1 N–H and O–H groups in total. The number of hydrogen-bond donors (Lipinski definition) is 1. The Kier molecular flexibility index (Phi) is 5.49. The van der Waals surface area contributed by atoms with Crippen LogP contribution in [-0.2, 0) is 4.79 Å². The lowest BCUT2D eigenvalue weighted by atomic mass is 10.2. The van der Waals surface area contributed by atoms with Crippen LogP contribution in [0.2, 0.25) is 0 Å². The molecule has 7 nitrogen and oxygen atoms in total. The molecular formula is C17H11BrN2O5S2. The summed E-state index contributed by atoms with van der Waals surface area (Å²) in [6.45, 7) is 0. The second-order valence-electron chi connectivity index (χ2n) is 5.34. The molecule has 2 aromatic carbocycles. The number of carbonyl (C=O) groups is 1. The van der Waals surface area contributed by atoms with Gasteiger partial charge in [0.1, 0.15) is 0 Å². The Hall–Kier alpha value is -2.43. The molecule has 27 heavy (non-hydrogen) atoms. The van der Waals surface area contributed by atoms with Crippen molar-refractivity contribution in [1.82, 2.24) is 0 Å². The Bertz CT molecular complexity index is 992. The Balaban J connectivity index is 1.93. The van der Waals surface area contributed by atoms with Gasteiger partial charge in [-0.3, -0.25) is 19.8 Å². The van der Waals surface area contributed by atoms with E-state index in [1.54, 1.807) is 18.2 Å². The van der Waals surface area contributed by atoms with Crippen molar-refractivity contribution >= 4 is 67.6 Å². The average molecular weight is 467 g/mol. The first kappa shape index (κ1) is 19.3. The number of anilines is 1. The summed E-state index contributed by atoms with van der Waals surface area (Å²) in [5.41, 5.74) is 1.03. The fraction of sp³-hybridized carbons (Fsp3) is 0.0588. The second-order valence-corrected chi connectivity index (χ2v) is 7.87. The summed E-state index contributed by atoms with van der Waals surface area (Å²) in [4.78, 5) is 24.7. The van der Waals surface area contributed by atoms with Gasteiger partial charge in [-0.1, -0.05) is 24.0 Å². The number of methoxy groups -OCH3 is 1. The van der Waals surface area contributed by atoms with Crippen molar-refractivity contribution < 1.29 is 19.6 Å². The maximum Gasteiger partial charge on any atom is 0.270 e. The predicted octanol–water partition coefficient (Wildman–Crippen LogP) is 4.48. The van der Waals surface area contributed by atoms with Gasteiger partial charge in [0.2, 0.25) is 0 Å². The molecule has 0 saturated carbocycles. The van der Waals surface area contributed by atoms with Crippen LogP contribution >= 0.6 is 39.9 Å². The van der Waals surface area contributed by atoms with Crippen molar-refractivity contribution in [1.29, 1.82) is 0 Å². The van der Waals surface area contributed by atoms with Crippen LogP contribution in [0.15, 0.2) is 45.8 Å². The standard InChI is InChI=1S/C17H11BrN2O5S2/c1-25-13-7-9(6-12(18)15(13)21)8-14-16(22)19(17(26)27-14)10-2-4-11(5-3-10)20(23)24/h2-8,21H,1H3. The van der Waals surface area contributed by atoms with Gasteiger partial charge in [-0.2, -0.15) is 0 Å². The summed E-state index contributed by atoms with van der Waals surface area (Å²) in [5.74, 6) is -0.100. The number of nitro benzene ring substituents is 1. The molecular weight excluding hydrogens is 456 g/mol. The summed E-state index contributed by atoms with van der Waals surface area (Å²) in [6.07, 6.45) is 1.64. The molecule has 1 aliphatic rings. The number of thiocarbonyl (C=S) groups is 1. The van der Waals surface area contributed by atoms with E-state index in [-0.39, 0.29) is 23.1 Å². The number of benzene rings is 2. The molecule has 0 spiro atoms. The summed E-state index contributed by atoms with van der Waals surface area (Å²) in [5, 5.41) is 20.7. The van der Waals surface area contributed by atoms with Crippen molar-refractivity contribution in [2.24, 2.45) is 0 Å². The van der Waals surface area contributed by atoms with Crippen LogP contribution in [0.25, 0.3) is 6.08 Å². The molecule has 0 aliphatic carbocycles. The zero-order valence-electron chi connectivity index (χ0n) is 13.7. The fourth-order valence-corrected chi connectivity index (χ4v) is 4.16. The maximum atomic E-state index is 12.8. The molecule has 1 saturated heterocycles. The smallest absolute Gasteiger partial charge is 0.270 e. The molecule has 2 aromatic rings. The molecule has 138 valence electrons. The van der Waals surface area contributed by atoms with Crippen molar-refractivity contribution in [3.05, 3.63) is 61.5 Å². The molecule has 10 heteroatoms. The summed E-state index contributed by atoms with van der Waals surface area (Å²) in [6, 6.07) is 8.84. The van der Waals surface area contributed by atoms with Crippen molar-refractivity contribution in [3.63, 3.8) is 0 Å². The van der Waals surface area contributed by atoms with E-state index in [1.807, 2.05) is 0 Å². The molecule has 1 aliphatic heterocycles. The first-order chi connectivity index (χ1) is 12.8. The van der Waals surface area contributed by atoms with Crippen LogP contribution < -0.4 is 9.64 Å². The van der Waals surface area contributed by atoms with E-state index in [0.717, 1.165) is 11.8 Å². The van der Waals surface area contributed by atoms with Gasteiger partial charge < -0.3 is 9.84 Å². The predicted molar refractivity (Wildman–Crippen MR) is 111 cm³/mol. The molecule has 1 fully saturated rings. The highest BCUT2D eigenvalue weighted by Gasteiger charge is 2.33. The largest absolute Gasteiger partial charge is 0.503 e. The van der Waals surface area contributed by atoms with E-state index < -0.39 is 4.92 Å². The third-order valence-electron chi connectivity index (χ3n) is 3.68. The van der Waals surface area contributed by atoms with Crippen LogP contribution in [0.1, 0.15) is 5.56 Å². The molecule has 1 amide bonds. The van der Waals surface area contributed by atoms with Crippen LogP contribution in [0.4, 0.5) is 11.4 Å². The normalized spacial score (nSPS) is 15.5. The molecule has 0 unspecified atom stereocenters. The lowest BCUT2D eigenvalue weighted by Crippen LogP contribution is -2.27. The summed E-state index contributed by atoms with van der Waals surface area (Å²) < 4.78 is 5.86. The van der Waals surface area contributed by atoms with Crippen LogP contribution in [-0.4, -0.2) is 27.4 Å². The SMILES string of the molecule is COc1cc(C=C2SC(=S)N(c3ccc([N+](=O)[O-])cc3)C2=O)cc(Br)c1O. The monoisotopic (exact) mass is 466 g/mol. The first-order valence-corrected chi connectivity index (χ1v) is 9.42. The van der Waals surface area contributed by atoms with E-state index in [9.17, 15) is 20.0 Å². The van der Waals surface area contributed by atoms with Gasteiger partial charge in [0, 0.05) is 12.1 Å². The van der Waals surface area contributed by atoms with E-state index in [0.29, 0.717) is 24.9 Å². The minimum Gasteiger partial charge on any atom is -0.503 e. The molecule has 1 heterocycles. The highest BCUT2D eigenvalue weighted by molar-refractivity contribution is 9.10. The number of carbonyl (C=O) groups excluding carboxylic acids is 1. The average Bonchev–Trinajstić information content (AvgIpc) is 2.91. The zero-order chi connectivity index (χ0) is 19.7. The van der Waals surface area contributed by atoms with Gasteiger partial charge in [0.25, 0.3) is 11.6 Å². The minimum atomic E-state index is -0.510. The molecule has 3 rings (SSSR count). The fourth-order valence-electron chi connectivity index (χ4n) is 2.40. The third kappa shape index (κ3) is 3.82. The van der Waals surface area contributed by atoms with Gasteiger partial charge in [-0.15, -0.1) is 0 Å². The highest BCUT2D eigenvalue weighted by atomic mass is 79.9. The van der Waals surface area contributed by atoms with Gasteiger partial charge in [-0.25, -0.2) is 0 Å². The van der Waals surface area contributed by atoms with E-state index in [4.69, 9.17) is 17.0 Å². The number of phenols is 1. The van der Waals surface area contributed by atoms with Crippen molar-refractivity contribution in [2.75, 3.05) is 12.0 Å². The molecule has 0 atom stereocenters. The van der Waals surface area contributed by atoms with Gasteiger partial charge in [0.05, 0.1) is 27.1 Å². The number of rotatable bonds is 4. The van der Waals surface area contributed by atoms with Crippen molar-refractivity contribution in [3.8, 4) is 11.5 Å². The third-order valence-corrected chi connectivity index (χ3v) is 5.59. The Morgan fingerprint density at radius 3 is 2.59 bits per heavy atom. The first-order valence-electron chi connectivity index (χ1n) is 7.40. The van der Waals surface area contributed by atoms with Crippen LogP contribution in [0, 0.1) is 10.1 Å². The molecule has 0 radical (unpaired) electrons. The Morgan fingerprint density at radius 1 is 1.33 bits per heavy atom. The maximum absolute atomic E-state index is 12.8. The topological polar surface area (TPSA) is 92.9 Å². The zero-order valence-corrected chi connectivity index (χ0v) is 16.9. The Labute approximate surface area is 171 Å². The lowest BCUT2D eigenvalue weighted by Gasteiger charge is -2.14. The number of aromatic hydroxyl groups is 1. The van der Waals surface area contributed by atoms with Crippen LogP contribution in [0.3, 0.4) is 0 Å². The quantitative estimate of drug-likeness (QED) is 0.307. The number of non-ortho nitro benzene ring substituents is 1. The van der Waals surface area contributed by atoms with Crippen molar-refractivity contribution in [2.45, 2.75) is 0 Å². The lowest BCUT2D eigenvalue weighted by molar-refractivity contribution is -0.384. The van der Waals surface area contributed by atoms with Gasteiger partial charge >= 0.3 is 0 Å².